The van der Waals surface area contributed by atoms with Gasteiger partial charge in [0.2, 0.25) is 0 Å². The first kappa shape index (κ1) is 15.2. The zero-order valence-electron chi connectivity index (χ0n) is 13.2. The fraction of sp³-hybridized carbons (Fsp3) is 0.143. The maximum atomic E-state index is 6.04. The zero-order valence-corrected chi connectivity index (χ0v) is 13.2. The van der Waals surface area contributed by atoms with Crippen LogP contribution in [0.1, 0.15) is 16.7 Å². The Morgan fingerprint density at radius 3 is 2.04 bits per heavy atom. The number of hydrogen-bond acceptors (Lipinski definition) is 2. The second kappa shape index (κ2) is 7.50. The van der Waals surface area contributed by atoms with Crippen molar-refractivity contribution in [2.45, 2.75) is 13.0 Å². The normalized spacial score (nSPS) is 10.3. The lowest BCUT2D eigenvalue weighted by Crippen LogP contribution is -2.00. The Labute approximate surface area is 137 Å². The molecule has 0 saturated heterocycles. The first-order valence-electron chi connectivity index (χ1n) is 7.73. The molecule has 116 valence electrons. The Bertz CT molecular complexity index is 736. The van der Waals surface area contributed by atoms with Gasteiger partial charge in [0.05, 0.1) is 7.11 Å². The summed E-state index contributed by atoms with van der Waals surface area (Å²) in [4.78, 5) is 0. The summed E-state index contributed by atoms with van der Waals surface area (Å²) in [6, 6.07) is 26.6. The largest absolute Gasteiger partial charge is 0.497 e. The summed E-state index contributed by atoms with van der Waals surface area (Å²) < 4.78 is 11.4. The van der Waals surface area contributed by atoms with Gasteiger partial charge in [0.15, 0.2) is 0 Å². The lowest BCUT2D eigenvalue weighted by molar-refractivity contribution is 0.302. The SMILES string of the molecule is COc1ccc(OCc2ccccc2)c(Cc2ccccc2)c1. The van der Waals surface area contributed by atoms with Crippen molar-refractivity contribution >= 4 is 0 Å². The van der Waals surface area contributed by atoms with Crippen molar-refractivity contribution in [3.63, 3.8) is 0 Å². The minimum Gasteiger partial charge on any atom is -0.497 e. The van der Waals surface area contributed by atoms with E-state index in [0.717, 1.165) is 29.0 Å². The van der Waals surface area contributed by atoms with Crippen LogP contribution in [0.3, 0.4) is 0 Å². The molecule has 23 heavy (non-hydrogen) atoms. The van der Waals surface area contributed by atoms with Crippen LogP contribution in [0.25, 0.3) is 0 Å². The Kier molecular flexibility index (Phi) is 4.95. The fourth-order valence-corrected chi connectivity index (χ4v) is 2.51. The predicted molar refractivity (Wildman–Crippen MR) is 93.0 cm³/mol. The van der Waals surface area contributed by atoms with Crippen LogP contribution in [-0.4, -0.2) is 7.11 Å². The van der Waals surface area contributed by atoms with E-state index < -0.39 is 0 Å². The molecule has 2 heteroatoms. The van der Waals surface area contributed by atoms with Gasteiger partial charge in [-0.1, -0.05) is 60.7 Å². The van der Waals surface area contributed by atoms with Gasteiger partial charge < -0.3 is 9.47 Å². The van der Waals surface area contributed by atoms with Gasteiger partial charge in [0, 0.05) is 12.0 Å². The second-order valence-corrected chi connectivity index (χ2v) is 5.41. The van der Waals surface area contributed by atoms with Gasteiger partial charge in [-0.15, -0.1) is 0 Å². The van der Waals surface area contributed by atoms with Crippen molar-refractivity contribution in [1.82, 2.24) is 0 Å². The van der Waals surface area contributed by atoms with Crippen molar-refractivity contribution in [3.8, 4) is 11.5 Å². The van der Waals surface area contributed by atoms with E-state index in [1.807, 2.05) is 42.5 Å². The minimum atomic E-state index is 0.564. The van der Waals surface area contributed by atoms with E-state index in [2.05, 4.69) is 36.4 Å². The number of methoxy groups -OCH3 is 1. The summed E-state index contributed by atoms with van der Waals surface area (Å²) in [5.74, 6) is 1.75. The number of hydrogen-bond donors (Lipinski definition) is 0. The Morgan fingerprint density at radius 2 is 1.39 bits per heavy atom. The van der Waals surface area contributed by atoms with Gasteiger partial charge in [-0.2, -0.15) is 0 Å². The van der Waals surface area contributed by atoms with Crippen molar-refractivity contribution < 1.29 is 9.47 Å². The molecule has 2 nitrogen and oxygen atoms in total. The molecule has 3 aromatic rings. The molecule has 0 unspecified atom stereocenters. The summed E-state index contributed by atoms with van der Waals surface area (Å²) in [5.41, 5.74) is 3.55. The van der Waals surface area contributed by atoms with E-state index in [1.54, 1.807) is 7.11 Å². The predicted octanol–water partition coefficient (Wildman–Crippen LogP) is 4.87. The summed E-state index contributed by atoms with van der Waals surface area (Å²) in [6.07, 6.45) is 0.822. The van der Waals surface area contributed by atoms with Crippen molar-refractivity contribution in [3.05, 3.63) is 95.6 Å². The Hall–Kier alpha value is -2.74. The highest BCUT2D eigenvalue weighted by molar-refractivity contribution is 5.43. The summed E-state index contributed by atoms with van der Waals surface area (Å²) in [7, 11) is 1.69. The van der Waals surface area contributed by atoms with Crippen LogP contribution >= 0.6 is 0 Å². The van der Waals surface area contributed by atoms with Crippen molar-refractivity contribution in [2.75, 3.05) is 7.11 Å². The smallest absolute Gasteiger partial charge is 0.123 e. The van der Waals surface area contributed by atoms with E-state index in [-0.39, 0.29) is 0 Å². The average molecular weight is 304 g/mol. The van der Waals surface area contributed by atoms with Gasteiger partial charge in [-0.3, -0.25) is 0 Å². The molecule has 0 aliphatic heterocycles. The van der Waals surface area contributed by atoms with Crippen LogP contribution in [0.15, 0.2) is 78.9 Å². The highest BCUT2D eigenvalue weighted by atomic mass is 16.5. The van der Waals surface area contributed by atoms with E-state index in [9.17, 15) is 0 Å². The van der Waals surface area contributed by atoms with Crippen LogP contribution in [0.4, 0.5) is 0 Å². The van der Waals surface area contributed by atoms with Crippen LogP contribution in [0.5, 0.6) is 11.5 Å². The van der Waals surface area contributed by atoms with E-state index >= 15 is 0 Å². The fourth-order valence-electron chi connectivity index (χ4n) is 2.51. The zero-order chi connectivity index (χ0) is 15.9. The molecule has 0 heterocycles. The Balaban J connectivity index is 1.81. The molecule has 0 N–H and O–H groups in total. The van der Waals surface area contributed by atoms with Gasteiger partial charge in [0.25, 0.3) is 0 Å². The molecule has 0 aliphatic rings. The first-order chi connectivity index (χ1) is 11.3. The van der Waals surface area contributed by atoms with Crippen LogP contribution < -0.4 is 9.47 Å². The molecule has 0 saturated carbocycles. The van der Waals surface area contributed by atoms with Gasteiger partial charge >= 0.3 is 0 Å². The molecular weight excluding hydrogens is 284 g/mol. The van der Waals surface area contributed by atoms with Gasteiger partial charge in [-0.25, -0.2) is 0 Å². The van der Waals surface area contributed by atoms with Crippen LogP contribution in [0.2, 0.25) is 0 Å². The molecule has 3 aromatic carbocycles. The van der Waals surface area contributed by atoms with Gasteiger partial charge in [-0.05, 0) is 29.3 Å². The van der Waals surface area contributed by atoms with Crippen LogP contribution in [0, 0.1) is 0 Å². The Morgan fingerprint density at radius 1 is 0.739 bits per heavy atom. The highest BCUT2D eigenvalue weighted by Crippen LogP contribution is 2.27. The maximum absolute atomic E-state index is 6.04. The van der Waals surface area contributed by atoms with E-state index in [4.69, 9.17) is 9.47 Å². The van der Waals surface area contributed by atoms with Crippen LogP contribution in [-0.2, 0) is 13.0 Å². The molecule has 0 radical (unpaired) electrons. The summed E-state index contributed by atoms with van der Waals surface area (Å²) >= 11 is 0. The van der Waals surface area contributed by atoms with Crippen molar-refractivity contribution in [1.29, 1.82) is 0 Å². The molecule has 0 spiro atoms. The molecule has 0 aromatic heterocycles. The molecule has 0 atom stereocenters. The quantitative estimate of drug-likeness (QED) is 0.647. The third-order valence-corrected chi connectivity index (χ3v) is 3.74. The third-order valence-electron chi connectivity index (χ3n) is 3.74. The van der Waals surface area contributed by atoms with E-state index in [1.165, 1.54) is 5.56 Å². The standard InChI is InChI=1S/C21H20O2/c1-22-20-12-13-21(23-16-18-10-6-3-7-11-18)19(15-20)14-17-8-4-2-5-9-17/h2-13,15H,14,16H2,1H3. The second-order valence-electron chi connectivity index (χ2n) is 5.41. The summed E-state index contributed by atoms with van der Waals surface area (Å²) in [5, 5.41) is 0. The van der Waals surface area contributed by atoms with Crippen molar-refractivity contribution in [2.24, 2.45) is 0 Å². The molecule has 0 fully saturated rings. The van der Waals surface area contributed by atoms with Gasteiger partial charge in [0.1, 0.15) is 18.1 Å². The number of benzene rings is 3. The molecule has 3 rings (SSSR count). The minimum absolute atomic E-state index is 0.564. The third kappa shape index (κ3) is 4.13. The lowest BCUT2D eigenvalue weighted by atomic mass is 10.0. The monoisotopic (exact) mass is 304 g/mol. The maximum Gasteiger partial charge on any atom is 0.123 e. The molecule has 0 aliphatic carbocycles. The highest BCUT2D eigenvalue weighted by Gasteiger charge is 2.07. The number of ether oxygens (including phenoxy) is 2. The molecular formula is C21H20O2. The molecule has 0 bridgehead atoms. The lowest BCUT2D eigenvalue weighted by Gasteiger charge is -2.13. The van der Waals surface area contributed by atoms with E-state index in [0.29, 0.717) is 6.61 Å². The topological polar surface area (TPSA) is 18.5 Å². The summed E-state index contributed by atoms with van der Waals surface area (Å²) in [6.45, 7) is 0.564. The number of rotatable bonds is 6. The average Bonchev–Trinajstić information content (AvgIpc) is 2.62. The molecule has 0 amide bonds. The first-order valence-corrected chi connectivity index (χ1v) is 7.73.